The summed E-state index contributed by atoms with van der Waals surface area (Å²) in [5.74, 6) is -3.01. The van der Waals surface area contributed by atoms with Crippen LogP contribution in [-0.4, -0.2) is 95.2 Å². The van der Waals surface area contributed by atoms with Crippen molar-refractivity contribution in [1.29, 1.82) is 0 Å². The first-order valence-corrected chi connectivity index (χ1v) is 13.7. The number of nitrogens with two attached hydrogens (primary N) is 1. The van der Waals surface area contributed by atoms with Gasteiger partial charge in [-0.25, -0.2) is 13.6 Å². The lowest BCUT2D eigenvalue weighted by Gasteiger charge is -2.46. The van der Waals surface area contributed by atoms with Crippen LogP contribution in [0.3, 0.4) is 0 Å². The van der Waals surface area contributed by atoms with E-state index in [1.165, 1.54) is 29.7 Å². The Morgan fingerprint density at radius 1 is 1.07 bits per heavy atom. The molecule has 0 saturated carbocycles. The molecule has 2 aromatic carbocycles. The Balaban J connectivity index is 1.60. The van der Waals surface area contributed by atoms with Gasteiger partial charge in [-0.2, -0.15) is 13.2 Å². The Labute approximate surface area is 245 Å². The molecule has 0 aliphatic carbocycles. The Morgan fingerprint density at radius 3 is 2.40 bits per heavy atom. The minimum atomic E-state index is -4.69. The highest BCUT2D eigenvalue weighted by Crippen LogP contribution is 2.36. The fourth-order valence-electron chi connectivity index (χ4n) is 5.37. The summed E-state index contributed by atoms with van der Waals surface area (Å²) in [5.41, 5.74) is 3.93. The lowest BCUT2D eigenvalue weighted by atomic mass is 9.87. The summed E-state index contributed by atoms with van der Waals surface area (Å²) in [4.78, 5) is 42.9. The summed E-state index contributed by atoms with van der Waals surface area (Å²) >= 11 is 0. The fraction of sp³-hybridized carbons (Fsp3) is 0.483. The maximum absolute atomic E-state index is 14.7. The smallest absolute Gasteiger partial charge is 0.374 e. The standard InChI is InChI=1S/C29H34F5N5O4/c1-27(2,35)25(41)36-23(15-43-14-19-6-4-3-5-7-19)24(40)37-10-11-39-26(42)38(18-29(32,33)34)17-28(39,16-37)13-20-8-9-21(30)12-22(20)31/h3-9,12,23H,10-11,13-18,35H2,1-2H3,(H,36,41). The van der Waals surface area contributed by atoms with Crippen LogP contribution in [0, 0.1) is 11.6 Å². The summed E-state index contributed by atoms with van der Waals surface area (Å²) in [6, 6.07) is 9.81. The molecule has 2 aliphatic heterocycles. The van der Waals surface area contributed by atoms with Crippen LogP contribution < -0.4 is 11.1 Å². The summed E-state index contributed by atoms with van der Waals surface area (Å²) in [6.07, 6.45) is -4.97. The molecule has 4 amide bonds. The monoisotopic (exact) mass is 611 g/mol. The summed E-state index contributed by atoms with van der Waals surface area (Å²) in [6.45, 7) is 0.358. The molecule has 2 atom stereocenters. The van der Waals surface area contributed by atoms with E-state index in [1.54, 1.807) is 0 Å². The van der Waals surface area contributed by atoms with Gasteiger partial charge in [0.15, 0.2) is 0 Å². The van der Waals surface area contributed by atoms with Crippen LogP contribution in [0.25, 0.3) is 0 Å². The molecular weight excluding hydrogens is 577 g/mol. The lowest BCUT2D eigenvalue weighted by molar-refractivity contribution is -0.143. The van der Waals surface area contributed by atoms with Gasteiger partial charge < -0.3 is 30.5 Å². The van der Waals surface area contributed by atoms with E-state index in [9.17, 15) is 36.3 Å². The molecule has 2 aromatic rings. The molecule has 2 fully saturated rings. The average molecular weight is 612 g/mol. The normalized spacial score (nSPS) is 19.8. The third-order valence-corrected chi connectivity index (χ3v) is 7.44. The topological polar surface area (TPSA) is 108 Å². The molecule has 43 heavy (non-hydrogen) atoms. The number of ether oxygens (including phenoxy) is 1. The minimum Gasteiger partial charge on any atom is -0.374 e. The number of hydrogen-bond acceptors (Lipinski definition) is 5. The van der Waals surface area contributed by atoms with Crippen LogP contribution >= 0.6 is 0 Å². The lowest BCUT2D eigenvalue weighted by Crippen LogP contribution is -2.66. The van der Waals surface area contributed by atoms with Gasteiger partial charge in [-0.3, -0.25) is 9.59 Å². The number of carbonyl (C=O) groups is 3. The molecule has 3 N–H and O–H groups in total. The van der Waals surface area contributed by atoms with Crippen molar-refractivity contribution >= 4 is 17.8 Å². The Bertz CT molecular complexity index is 1340. The number of benzene rings is 2. The molecule has 0 aromatic heterocycles. The largest absolute Gasteiger partial charge is 0.406 e. The van der Waals surface area contributed by atoms with Gasteiger partial charge in [0.1, 0.15) is 24.2 Å². The van der Waals surface area contributed by atoms with E-state index in [0.717, 1.165) is 11.6 Å². The van der Waals surface area contributed by atoms with Crippen LogP contribution in [-0.2, 0) is 27.4 Å². The maximum atomic E-state index is 14.7. The van der Waals surface area contributed by atoms with Gasteiger partial charge in [-0.1, -0.05) is 36.4 Å². The number of halogens is 5. The van der Waals surface area contributed by atoms with E-state index in [4.69, 9.17) is 10.5 Å². The third-order valence-electron chi connectivity index (χ3n) is 7.44. The number of rotatable bonds is 10. The molecule has 0 spiro atoms. The molecule has 4 rings (SSSR count). The van der Waals surface area contributed by atoms with Gasteiger partial charge in [-0.15, -0.1) is 0 Å². The molecule has 2 heterocycles. The highest BCUT2D eigenvalue weighted by molar-refractivity contribution is 5.92. The number of amides is 4. The van der Waals surface area contributed by atoms with Gasteiger partial charge in [0.25, 0.3) is 0 Å². The van der Waals surface area contributed by atoms with E-state index in [1.807, 2.05) is 30.3 Å². The SMILES string of the molecule is CC(C)(N)C(=O)NC(COCc1ccccc1)C(=O)N1CCN2C(=O)N(CC(F)(F)F)CC2(Cc2ccc(F)cc2F)C1. The molecule has 9 nitrogen and oxygen atoms in total. The number of nitrogens with zero attached hydrogens (tertiary/aromatic N) is 3. The summed E-state index contributed by atoms with van der Waals surface area (Å²) in [5, 5.41) is 2.60. The number of piperazine rings is 1. The van der Waals surface area contributed by atoms with E-state index < -0.39 is 65.9 Å². The predicted molar refractivity (Wildman–Crippen MR) is 145 cm³/mol. The predicted octanol–water partition coefficient (Wildman–Crippen LogP) is 2.83. The molecule has 2 saturated heterocycles. The van der Waals surface area contributed by atoms with Gasteiger partial charge >= 0.3 is 12.2 Å². The first-order chi connectivity index (χ1) is 20.1. The molecule has 2 aliphatic rings. The van der Waals surface area contributed by atoms with Crippen LogP contribution in [0.2, 0.25) is 0 Å². The van der Waals surface area contributed by atoms with Crippen molar-refractivity contribution in [3.63, 3.8) is 0 Å². The van der Waals surface area contributed by atoms with Crippen molar-refractivity contribution < 1.29 is 41.1 Å². The van der Waals surface area contributed by atoms with Crippen LogP contribution in [0.5, 0.6) is 0 Å². The molecule has 2 unspecified atom stereocenters. The zero-order chi connectivity index (χ0) is 31.6. The fourth-order valence-corrected chi connectivity index (χ4v) is 5.37. The van der Waals surface area contributed by atoms with Gasteiger partial charge in [0.05, 0.1) is 24.3 Å². The van der Waals surface area contributed by atoms with Gasteiger partial charge in [-0.05, 0) is 31.0 Å². The second kappa shape index (κ2) is 12.4. The second-order valence-corrected chi connectivity index (χ2v) is 11.6. The quantitative estimate of drug-likeness (QED) is 0.402. The zero-order valence-corrected chi connectivity index (χ0v) is 23.8. The first kappa shape index (κ1) is 32.1. The van der Waals surface area contributed by atoms with Crippen LogP contribution in [0.1, 0.15) is 25.0 Å². The van der Waals surface area contributed by atoms with E-state index in [-0.39, 0.29) is 44.8 Å². The second-order valence-electron chi connectivity index (χ2n) is 11.6. The van der Waals surface area contributed by atoms with Crippen molar-refractivity contribution in [1.82, 2.24) is 20.0 Å². The van der Waals surface area contributed by atoms with Crippen molar-refractivity contribution in [2.75, 3.05) is 39.3 Å². The van der Waals surface area contributed by atoms with E-state index in [2.05, 4.69) is 5.32 Å². The van der Waals surface area contributed by atoms with Crippen LogP contribution in [0.15, 0.2) is 48.5 Å². The number of hydrogen-bond donors (Lipinski definition) is 2. The van der Waals surface area contributed by atoms with Crippen molar-refractivity contribution in [2.45, 2.75) is 50.2 Å². The van der Waals surface area contributed by atoms with Crippen molar-refractivity contribution in [3.05, 3.63) is 71.3 Å². The Hall–Kier alpha value is -3.78. The third kappa shape index (κ3) is 7.79. The molecular formula is C29H34F5N5O4. The zero-order valence-electron chi connectivity index (χ0n) is 23.8. The first-order valence-electron chi connectivity index (χ1n) is 13.7. The number of fused-ring (bicyclic) bond motifs is 1. The van der Waals surface area contributed by atoms with Crippen molar-refractivity contribution in [2.24, 2.45) is 5.73 Å². The number of carbonyl (C=O) groups excluding carboxylic acids is 3. The highest BCUT2D eigenvalue weighted by Gasteiger charge is 2.55. The van der Waals surface area contributed by atoms with Crippen LogP contribution in [0.4, 0.5) is 26.7 Å². The van der Waals surface area contributed by atoms with E-state index in [0.29, 0.717) is 11.0 Å². The molecule has 14 heteroatoms. The minimum absolute atomic E-state index is 0.0247. The number of urea groups is 1. The number of alkyl halides is 3. The molecule has 0 bridgehead atoms. The van der Waals surface area contributed by atoms with Gasteiger partial charge in [0, 0.05) is 38.7 Å². The molecule has 0 radical (unpaired) electrons. The van der Waals surface area contributed by atoms with Gasteiger partial charge in [0.2, 0.25) is 11.8 Å². The molecule has 234 valence electrons. The maximum Gasteiger partial charge on any atom is 0.406 e. The van der Waals surface area contributed by atoms with E-state index >= 15 is 0 Å². The van der Waals surface area contributed by atoms with Crippen molar-refractivity contribution in [3.8, 4) is 0 Å². The average Bonchev–Trinajstić information content (AvgIpc) is 3.18. The summed E-state index contributed by atoms with van der Waals surface area (Å²) in [7, 11) is 0. The Morgan fingerprint density at radius 2 is 1.77 bits per heavy atom. The highest BCUT2D eigenvalue weighted by atomic mass is 19.4. The number of nitrogens with one attached hydrogen (secondary N) is 1. The summed E-state index contributed by atoms with van der Waals surface area (Å²) < 4.78 is 74.1. The Kier molecular flexibility index (Phi) is 9.30.